The van der Waals surface area contributed by atoms with Crippen LogP contribution in [-0.4, -0.2) is 60.3 Å². The number of fused-ring (bicyclic) bond motifs is 1. The minimum absolute atomic E-state index is 0.0111. The van der Waals surface area contributed by atoms with Crippen LogP contribution in [0.4, 0.5) is 5.82 Å². The van der Waals surface area contributed by atoms with Crippen LogP contribution in [0.2, 0.25) is 0 Å². The van der Waals surface area contributed by atoms with Gasteiger partial charge in [0, 0.05) is 29.8 Å². The van der Waals surface area contributed by atoms with Crippen molar-refractivity contribution in [3.63, 3.8) is 0 Å². The van der Waals surface area contributed by atoms with Crippen molar-refractivity contribution in [1.29, 1.82) is 0 Å². The van der Waals surface area contributed by atoms with Crippen molar-refractivity contribution in [2.24, 2.45) is 0 Å². The van der Waals surface area contributed by atoms with Crippen molar-refractivity contribution in [2.45, 2.75) is 31.1 Å². The Bertz CT molecular complexity index is 1580. The molecule has 2 amide bonds. The summed E-state index contributed by atoms with van der Waals surface area (Å²) in [6, 6.07) is 25.8. The van der Waals surface area contributed by atoms with Crippen molar-refractivity contribution >= 4 is 29.4 Å². The second kappa shape index (κ2) is 12.4. The van der Waals surface area contributed by atoms with Crippen LogP contribution in [0.15, 0.2) is 78.9 Å². The highest BCUT2D eigenvalue weighted by molar-refractivity contribution is 8.00. The molecule has 4 aromatic rings. The van der Waals surface area contributed by atoms with Gasteiger partial charge in [0.25, 0.3) is 0 Å². The molecular weight excluding hydrogens is 548 g/mol. The maximum absolute atomic E-state index is 13.9. The first-order valence-electron chi connectivity index (χ1n) is 14.2. The molecule has 2 atom stereocenters. The first-order chi connectivity index (χ1) is 20.5. The van der Waals surface area contributed by atoms with E-state index in [1.807, 2.05) is 90.5 Å². The van der Waals surface area contributed by atoms with Crippen molar-refractivity contribution in [2.75, 3.05) is 37.5 Å². The molecule has 42 heavy (non-hydrogen) atoms. The SMILES string of the molecule is COc1ccccc1[C@H]1SCC(=O)N(CC(=O)NC[C@@H]2CCCO2)c2c1c(-c1ccccc1)nn2-c1ccccc1C. The van der Waals surface area contributed by atoms with Gasteiger partial charge in [0.1, 0.15) is 18.1 Å². The topological polar surface area (TPSA) is 85.7 Å². The van der Waals surface area contributed by atoms with Gasteiger partial charge in [-0.1, -0.05) is 66.7 Å². The molecular formula is C33H34N4O4S. The van der Waals surface area contributed by atoms with Crippen molar-refractivity contribution < 1.29 is 19.1 Å². The molecule has 1 aromatic heterocycles. The molecule has 2 aliphatic rings. The van der Waals surface area contributed by atoms with Gasteiger partial charge in [-0.05, 0) is 37.5 Å². The van der Waals surface area contributed by atoms with E-state index in [9.17, 15) is 9.59 Å². The molecule has 2 aliphatic heterocycles. The third-order valence-electron chi connectivity index (χ3n) is 7.75. The molecule has 0 aliphatic carbocycles. The second-order valence-electron chi connectivity index (χ2n) is 10.5. The molecule has 1 saturated heterocycles. The highest BCUT2D eigenvalue weighted by Gasteiger charge is 2.38. The summed E-state index contributed by atoms with van der Waals surface area (Å²) in [5, 5.41) is 7.91. The summed E-state index contributed by atoms with van der Waals surface area (Å²) in [5.41, 5.74) is 5.36. The molecule has 0 unspecified atom stereocenters. The predicted octanol–water partition coefficient (Wildman–Crippen LogP) is 5.32. The monoisotopic (exact) mass is 582 g/mol. The largest absolute Gasteiger partial charge is 0.496 e. The summed E-state index contributed by atoms with van der Waals surface area (Å²) in [4.78, 5) is 28.9. The average molecular weight is 583 g/mol. The molecule has 0 bridgehead atoms. The van der Waals surface area contributed by atoms with Gasteiger partial charge in [0.2, 0.25) is 11.8 Å². The fourth-order valence-corrected chi connectivity index (χ4v) is 6.88. The predicted molar refractivity (Wildman–Crippen MR) is 165 cm³/mol. The highest BCUT2D eigenvalue weighted by Crippen LogP contribution is 2.50. The summed E-state index contributed by atoms with van der Waals surface area (Å²) in [7, 11) is 1.66. The third kappa shape index (κ3) is 5.54. The van der Waals surface area contributed by atoms with Gasteiger partial charge in [0.05, 0.1) is 35.6 Å². The van der Waals surface area contributed by atoms with Crippen molar-refractivity contribution in [3.8, 4) is 22.7 Å². The van der Waals surface area contributed by atoms with E-state index in [0.717, 1.165) is 52.2 Å². The van der Waals surface area contributed by atoms with E-state index in [0.29, 0.717) is 19.0 Å². The zero-order valence-corrected chi connectivity index (χ0v) is 24.6. The standard InChI is InChI=1S/C33H34N4O4S/c1-22-11-6-8-16-26(22)37-33-30(31(35-37)23-12-4-3-5-13-23)32(25-15-7-9-17-27(25)40-2)42-21-29(39)36(33)20-28(38)34-19-24-14-10-18-41-24/h3-9,11-13,15-17,24,32H,10,14,18-21H2,1-2H3,(H,34,38)/t24-,32+/m0/s1. The molecule has 8 nitrogen and oxygen atoms in total. The fraction of sp³-hybridized carbons (Fsp3) is 0.303. The fourth-order valence-electron chi connectivity index (χ4n) is 5.66. The quantitative estimate of drug-likeness (QED) is 0.303. The van der Waals surface area contributed by atoms with Crippen LogP contribution in [0.3, 0.4) is 0 Å². The molecule has 0 saturated carbocycles. The van der Waals surface area contributed by atoms with Crippen LogP contribution in [0.5, 0.6) is 5.75 Å². The number of nitrogens with zero attached hydrogens (tertiary/aromatic N) is 3. The highest BCUT2D eigenvalue weighted by atomic mass is 32.2. The van der Waals surface area contributed by atoms with Crippen LogP contribution >= 0.6 is 11.8 Å². The number of carbonyl (C=O) groups is 2. The number of hydrogen-bond donors (Lipinski definition) is 1. The summed E-state index contributed by atoms with van der Waals surface area (Å²) in [6.07, 6.45) is 1.93. The van der Waals surface area contributed by atoms with Gasteiger partial charge in [-0.2, -0.15) is 5.10 Å². The number of para-hydroxylation sites is 2. The molecule has 3 aromatic carbocycles. The van der Waals surface area contributed by atoms with Crippen LogP contribution < -0.4 is 15.0 Å². The maximum Gasteiger partial charge on any atom is 0.240 e. The summed E-state index contributed by atoms with van der Waals surface area (Å²) in [6.45, 7) is 3.05. The third-order valence-corrected chi connectivity index (χ3v) is 8.99. The summed E-state index contributed by atoms with van der Waals surface area (Å²) >= 11 is 1.53. The number of ether oxygens (including phenoxy) is 2. The lowest BCUT2D eigenvalue weighted by Crippen LogP contribution is -2.44. The normalized spacial score (nSPS) is 18.4. The summed E-state index contributed by atoms with van der Waals surface area (Å²) in [5.74, 6) is 1.14. The smallest absolute Gasteiger partial charge is 0.240 e. The maximum atomic E-state index is 13.9. The van der Waals surface area contributed by atoms with Gasteiger partial charge in [0.15, 0.2) is 0 Å². The molecule has 1 fully saturated rings. The first-order valence-corrected chi connectivity index (χ1v) is 15.3. The first kappa shape index (κ1) is 28.1. The van der Waals surface area contributed by atoms with Crippen molar-refractivity contribution in [1.82, 2.24) is 15.1 Å². The Morgan fingerprint density at radius 1 is 1.07 bits per heavy atom. The van der Waals surface area contributed by atoms with Gasteiger partial charge >= 0.3 is 0 Å². The zero-order valence-electron chi connectivity index (χ0n) is 23.8. The number of carbonyl (C=O) groups excluding carboxylic acids is 2. The van der Waals surface area contributed by atoms with Gasteiger partial charge in [-0.25, -0.2) is 4.68 Å². The summed E-state index contributed by atoms with van der Waals surface area (Å²) < 4.78 is 13.3. The average Bonchev–Trinajstić information content (AvgIpc) is 3.66. The van der Waals surface area contributed by atoms with Crippen LogP contribution in [0, 0.1) is 6.92 Å². The minimum Gasteiger partial charge on any atom is -0.496 e. The lowest BCUT2D eigenvalue weighted by atomic mass is 9.99. The van der Waals surface area contributed by atoms with Crippen molar-refractivity contribution in [3.05, 3.63) is 95.6 Å². The zero-order chi connectivity index (χ0) is 29.1. The second-order valence-corrected chi connectivity index (χ2v) is 11.6. The van der Waals surface area contributed by atoms with E-state index in [1.54, 1.807) is 12.0 Å². The molecule has 9 heteroatoms. The number of thioether (sulfide) groups is 1. The number of methoxy groups -OCH3 is 1. The number of hydrogen-bond acceptors (Lipinski definition) is 6. The number of aryl methyl sites for hydroxylation is 1. The number of aromatic nitrogens is 2. The Balaban J connectivity index is 1.54. The lowest BCUT2D eigenvalue weighted by molar-refractivity contribution is -0.123. The lowest BCUT2D eigenvalue weighted by Gasteiger charge is -2.24. The Kier molecular flexibility index (Phi) is 8.30. The van der Waals surface area contributed by atoms with Crippen LogP contribution in [0.25, 0.3) is 16.9 Å². The van der Waals surface area contributed by atoms with Crippen LogP contribution in [-0.2, 0) is 14.3 Å². The number of benzene rings is 3. The van der Waals surface area contributed by atoms with E-state index < -0.39 is 0 Å². The Morgan fingerprint density at radius 3 is 2.60 bits per heavy atom. The Hall–Kier alpha value is -4.08. The Labute approximate surface area is 250 Å². The number of anilines is 1. The molecule has 6 rings (SSSR count). The van der Waals surface area contributed by atoms with Gasteiger partial charge < -0.3 is 14.8 Å². The molecule has 216 valence electrons. The van der Waals surface area contributed by atoms with Crippen LogP contribution in [0.1, 0.15) is 34.8 Å². The van der Waals surface area contributed by atoms with E-state index in [1.165, 1.54) is 11.8 Å². The van der Waals surface area contributed by atoms with Gasteiger partial charge in [-0.3, -0.25) is 14.5 Å². The molecule has 0 spiro atoms. The van der Waals surface area contributed by atoms with E-state index in [-0.39, 0.29) is 35.5 Å². The van der Waals surface area contributed by atoms with E-state index in [2.05, 4.69) is 5.32 Å². The Morgan fingerprint density at radius 2 is 1.83 bits per heavy atom. The minimum atomic E-state index is -0.270. The number of amides is 2. The molecule has 0 radical (unpaired) electrons. The van der Waals surface area contributed by atoms with E-state index >= 15 is 0 Å². The number of rotatable bonds is 8. The molecule has 1 N–H and O–H groups in total. The number of nitrogens with one attached hydrogen (secondary N) is 1. The van der Waals surface area contributed by atoms with Gasteiger partial charge in [-0.15, -0.1) is 11.8 Å². The van der Waals surface area contributed by atoms with E-state index in [4.69, 9.17) is 14.6 Å². The molecule has 3 heterocycles.